The Hall–Kier alpha value is -1.87. The number of aryl methyl sites for hydroxylation is 3. The van der Waals surface area contributed by atoms with Crippen LogP contribution in [0.15, 0.2) is 36.4 Å². The second kappa shape index (κ2) is 5.49. The Morgan fingerprint density at radius 2 is 1.81 bits per heavy atom. The summed E-state index contributed by atoms with van der Waals surface area (Å²) in [6, 6.07) is 13.1. The first-order valence-electron chi connectivity index (χ1n) is 7.25. The van der Waals surface area contributed by atoms with Crippen molar-refractivity contribution in [3.63, 3.8) is 0 Å². The van der Waals surface area contributed by atoms with Crippen LogP contribution < -0.4 is 5.32 Å². The van der Waals surface area contributed by atoms with E-state index in [0.717, 1.165) is 17.1 Å². The maximum absolute atomic E-state index is 4.53. The summed E-state index contributed by atoms with van der Waals surface area (Å²) in [4.78, 5) is 5.93. The van der Waals surface area contributed by atoms with Crippen LogP contribution in [0, 0.1) is 20.8 Å². The van der Waals surface area contributed by atoms with Gasteiger partial charge in [-0.05, 0) is 56.8 Å². The number of nitrogens with one attached hydrogen (secondary N) is 1. The molecule has 1 atom stereocenters. The van der Waals surface area contributed by atoms with Gasteiger partial charge in [0.25, 0.3) is 0 Å². The van der Waals surface area contributed by atoms with Gasteiger partial charge in [0.05, 0.1) is 17.4 Å². The highest BCUT2D eigenvalue weighted by Gasteiger charge is 2.15. The van der Waals surface area contributed by atoms with Crippen LogP contribution in [-0.4, -0.2) is 4.98 Å². The largest absolute Gasteiger partial charge is 0.376 e. The Labute approximate surface area is 129 Å². The summed E-state index contributed by atoms with van der Waals surface area (Å²) in [6.45, 7) is 8.51. The lowest BCUT2D eigenvalue weighted by Crippen LogP contribution is -2.08. The highest BCUT2D eigenvalue weighted by atomic mass is 32.1. The third kappa shape index (κ3) is 2.66. The number of nitrogens with zero attached hydrogens (tertiary/aromatic N) is 1. The number of benzene rings is 1. The molecule has 2 heterocycles. The van der Waals surface area contributed by atoms with Gasteiger partial charge in [-0.25, -0.2) is 0 Å². The first kappa shape index (κ1) is 14.1. The molecule has 0 saturated heterocycles. The Kier molecular flexibility index (Phi) is 3.68. The molecule has 1 unspecified atom stereocenters. The third-order valence-electron chi connectivity index (χ3n) is 3.87. The minimum Gasteiger partial charge on any atom is -0.376 e. The van der Waals surface area contributed by atoms with E-state index < -0.39 is 0 Å². The molecule has 0 amide bonds. The molecule has 0 radical (unpaired) electrons. The van der Waals surface area contributed by atoms with E-state index in [9.17, 15) is 0 Å². The highest BCUT2D eigenvalue weighted by Crippen LogP contribution is 2.36. The van der Waals surface area contributed by atoms with Gasteiger partial charge in [-0.1, -0.05) is 18.2 Å². The van der Waals surface area contributed by atoms with Gasteiger partial charge in [0.15, 0.2) is 0 Å². The smallest absolute Gasteiger partial charge is 0.0607 e. The number of hydrogen-bond donors (Lipinski definition) is 1. The molecule has 21 heavy (non-hydrogen) atoms. The molecule has 2 aromatic heterocycles. The van der Waals surface area contributed by atoms with Crippen LogP contribution in [-0.2, 0) is 0 Å². The minimum atomic E-state index is 0.283. The van der Waals surface area contributed by atoms with Crippen molar-refractivity contribution >= 4 is 27.1 Å². The standard InChI is InChI=1S/C18H20N2S/c1-11-9-10-16(13(3)19-11)20-14(4)18-12(2)15-7-5-6-8-17(15)21-18/h5-10,14,20H,1-4H3. The average molecular weight is 296 g/mol. The monoisotopic (exact) mass is 296 g/mol. The van der Waals surface area contributed by atoms with Crippen molar-refractivity contribution in [3.05, 3.63) is 58.2 Å². The Morgan fingerprint density at radius 1 is 1.05 bits per heavy atom. The van der Waals surface area contributed by atoms with Gasteiger partial charge < -0.3 is 5.32 Å². The predicted molar refractivity (Wildman–Crippen MR) is 92.3 cm³/mol. The minimum absolute atomic E-state index is 0.283. The quantitative estimate of drug-likeness (QED) is 0.700. The molecular weight excluding hydrogens is 276 g/mol. The predicted octanol–water partition coefficient (Wildman–Crippen LogP) is 5.39. The van der Waals surface area contributed by atoms with Crippen molar-refractivity contribution in [1.82, 2.24) is 4.98 Å². The molecule has 0 bridgehead atoms. The highest BCUT2D eigenvalue weighted by molar-refractivity contribution is 7.19. The van der Waals surface area contributed by atoms with E-state index in [0.29, 0.717) is 0 Å². The zero-order chi connectivity index (χ0) is 15.0. The summed E-state index contributed by atoms with van der Waals surface area (Å²) in [5.41, 5.74) is 4.61. The number of thiophene rings is 1. The van der Waals surface area contributed by atoms with Crippen LogP contribution in [0.4, 0.5) is 5.69 Å². The summed E-state index contributed by atoms with van der Waals surface area (Å²) in [5.74, 6) is 0. The second-order valence-electron chi connectivity index (χ2n) is 5.54. The lowest BCUT2D eigenvalue weighted by Gasteiger charge is -2.16. The molecule has 0 fully saturated rings. The molecule has 0 saturated carbocycles. The summed E-state index contributed by atoms with van der Waals surface area (Å²) in [7, 11) is 0. The fourth-order valence-electron chi connectivity index (χ4n) is 2.74. The van der Waals surface area contributed by atoms with E-state index in [-0.39, 0.29) is 6.04 Å². The first-order chi connectivity index (χ1) is 10.1. The van der Waals surface area contributed by atoms with Crippen molar-refractivity contribution in [1.29, 1.82) is 0 Å². The molecule has 3 rings (SSSR count). The fraction of sp³-hybridized carbons (Fsp3) is 0.278. The summed E-state index contributed by atoms with van der Waals surface area (Å²) >= 11 is 1.88. The van der Waals surface area contributed by atoms with Gasteiger partial charge in [-0.15, -0.1) is 11.3 Å². The number of hydrogen-bond acceptors (Lipinski definition) is 3. The van der Waals surface area contributed by atoms with Crippen molar-refractivity contribution in [2.45, 2.75) is 33.7 Å². The van der Waals surface area contributed by atoms with E-state index in [1.54, 1.807) is 0 Å². The van der Waals surface area contributed by atoms with Crippen LogP contribution in [0.5, 0.6) is 0 Å². The van der Waals surface area contributed by atoms with E-state index in [4.69, 9.17) is 0 Å². The number of anilines is 1. The molecule has 3 aromatic rings. The second-order valence-corrected chi connectivity index (χ2v) is 6.62. The van der Waals surface area contributed by atoms with Gasteiger partial charge in [-0.3, -0.25) is 4.98 Å². The zero-order valence-electron chi connectivity index (χ0n) is 12.9. The molecule has 3 heteroatoms. The van der Waals surface area contributed by atoms with E-state index in [1.165, 1.54) is 20.5 Å². The number of aromatic nitrogens is 1. The van der Waals surface area contributed by atoms with Crippen LogP contribution in [0.2, 0.25) is 0 Å². The lowest BCUT2D eigenvalue weighted by molar-refractivity contribution is 0.893. The average Bonchev–Trinajstić information content (AvgIpc) is 2.80. The van der Waals surface area contributed by atoms with Crippen LogP contribution in [0.25, 0.3) is 10.1 Å². The van der Waals surface area contributed by atoms with Crippen molar-refractivity contribution in [3.8, 4) is 0 Å². The zero-order valence-corrected chi connectivity index (χ0v) is 13.7. The van der Waals surface area contributed by atoms with E-state index >= 15 is 0 Å². The molecule has 0 aliphatic rings. The Bertz CT molecular complexity index is 789. The van der Waals surface area contributed by atoms with Crippen LogP contribution >= 0.6 is 11.3 Å². The van der Waals surface area contributed by atoms with E-state index in [1.807, 2.05) is 18.3 Å². The SMILES string of the molecule is Cc1ccc(NC(C)c2sc3ccccc3c2C)c(C)n1. The van der Waals surface area contributed by atoms with E-state index in [2.05, 4.69) is 67.5 Å². The maximum atomic E-state index is 4.53. The number of pyridine rings is 1. The van der Waals surface area contributed by atoms with Crippen LogP contribution in [0.3, 0.4) is 0 Å². The molecule has 1 N–H and O–H groups in total. The Balaban J connectivity index is 1.93. The molecule has 0 aliphatic heterocycles. The molecule has 1 aromatic carbocycles. The summed E-state index contributed by atoms with van der Waals surface area (Å²) in [5, 5.41) is 4.97. The molecule has 108 valence electrons. The van der Waals surface area contributed by atoms with Gasteiger partial charge in [-0.2, -0.15) is 0 Å². The molecule has 0 spiro atoms. The topological polar surface area (TPSA) is 24.9 Å². The first-order valence-corrected chi connectivity index (χ1v) is 8.06. The normalized spacial score (nSPS) is 12.6. The van der Waals surface area contributed by atoms with Gasteiger partial charge in [0.2, 0.25) is 0 Å². The van der Waals surface area contributed by atoms with Gasteiger partial charge in [0.1, 0.15) is 0 Å². The fourth-order valence-corrected chi connectivity index (χ4v) is 3.96. The van der Waals surface area contributed by atoms with Gasteiger partial charge >= 0.3 is 0 Å². The third-order valence-corrected chi connectivity index (χ3v) is 5.33. The Morgan fingerprint density at radius 3 is 2.52 bits per heavy atom. The number of fused-ring (bicyclic) bond motifs is 1. The van der Waals surface area contributed by atoms with Crippen molar-refractivity contribution in [2.24, 2.45) is 0 Å². The van der Waals surface area contributed by atoms with Crippen molar-refractivity contribution in [2.75, 3.05) is 5.32 Å². The summed E-state index contributed by atoms with van der Waals surface area (Å²) in [6.07, 6.45) is 0. The molecule has 2 nitrogen and oxygen atoms in total. The maximum Gasteiger partial charge on any atom is 0.0607 e. The van der Waals surface area contributed by atoms with Gasteiger partial charge in [0, 0.05) is 15.3 Å². The molecular formula is C18H20N2S. The summed E-state index contributed by atoms with van der Waals surface area (Å²) < 4.78 is 1.36. The number of rotatable bonds is 3. The lowest BCUT2D eigenvalue weighted by atomic mass is 10.1. The van der Waals surface area contributed by atoms with Crippen LogP contribution in [0.1, 0.15) is 34.8 Å². The molecule has 0 aliphatic carbocycles. The van der Waals surface area contributed by atoms with Crippen molar-refractivity contribution < 1.29 is 0 Å².